The third-order valence-electron chi connectivity index (χ3n) is 16.5. The van der Waals surface area contributed by atoms with Gasteiger partial charge in [0.05, 0.1) is 0 Å². The van der Waals surface area contributed by atoms with Gasteiger partial charge in [0, 0.05) is 57.9 Å². The summed E-state index contributed by atoms with van der Waals surface area (Å²) in [7, 11) is 0. The van der Waals surface area contributed by atoms with Crippen molar-refractivity contribution in [2.24, 2.45) is 41.1 Å². The summed E-state index contributed by atoms with van der Waals surface area (Å²) >= 11 is 0. The van der Waals surface area contributed by atoms with Gasteiger partial charge < -0.3 is 20.9 Å². The lowest BCUT2D eigenvalue weighted by atomic mass is 9.65. The van der Waals surface area contributed by atoms with Gasteiger partial charge in [-0.15, -0.1) is 0 Å². The lowest BCUT2D eigenvalue weighted by Crippen LogP contribution is -2.57. The molecule has 4 N–H and O–H groups in total. The number of hydrogen-bond acceptors (Lipinski definition) is 3. The predicted molar refractivity (Wildman–Crippen MR) is 242 cm³/mol. The Kier molecular flexibility index (Phi) is 9.81. The molecule has 11 rings (SSSR count). The molecular weight excluding hydrogens is 705 g/mol. The molecule has 58 heavy (non-hydrogen) atoms. The molecule has 1 saturated carbocycles. The van der Waals surface area contributed by atoms with E-state index in [4.69, 9.17) is 11.5 Å². The van der Waals surface area contributed by atoms with Crippen LogP contribution in [-0.2, 0) is 12.8 Å². The van der Waals surface area contributed by atoms with E-state index in [1.165, 1.54) is 94.1 Å². The zero-order chi connectivity index (χ0) is 38.8. The molecule has 302 valence electrons. The van der Waals surface area contributed by atoms with E-state index in [-0.39, 0.29) is 17.5 Å². The number of allylic oxidation sites excluding steroid dienone is 15. The Morgan fingerprint density at radius 2 is 1.67 bits per heavy atom. The van der Waals surface area contributed by atoms with E-state index in [1.54, 1.807) is 44.8 Å². The standard InChI is InChI=1S/C54H66N4/c55-53(38-15-2-1-3-16-38)46-22-10-11-33-54(46,56)35-36-27-30-40(31-28-36)57-48-23-8-6-19-43(48)44-32-29-39(34-51(44)57)42-21-13-26-50-52(42)45-20-7-9-24-49(45)58(50)47-25-12-17-37-14-4-5-18-41(37)47/h1-3,7-8,10,12,15,20,22-23,25-26,30,34,36-38,45-46,49,53H,4-6,9,11,13-14,16-19,21,24,27-29,31-33,35,55-56H2/t36?,37-,38?,45?,46?,49?,53?,54+/m1/s1. The lowest BCUT2D eigenvalue weighted by Gasteiger charge is -2.45. The van der Waals surface area contributed by atoms with Gasteiger partial charge in [-0.05, 0) is 191 Å². The maximum Gasteiger partial charge on any atom is 0.0496 e. The smallest absolute Gasteiger partial charge is 0.0496 e. The van der Waals surface area contributed by atoms with Gasteiger partial charge in [0.2, 0.25) is 0 Å². The number of fused-ring (bicyclic) bond motifs is 7. The van der Waals surface area contributed by atoms with Gasteiger partial charge in [-0.1, -0.05) is 79.3 Å². The van der Waals surface area contributed by atoms with E-state index in [1.807, 2.05) is 0 Å². The van der Waals surface area contributed by atoms with Gasteiger partial charge in [0.25, 0.3) is 0 Å². The van der Waals surface area contributed by atoms with Crippen molar-refractivity contribution in [3.8, 4) is 0 Å². The third kappa shape index (κ3) is 6.30. The number of hydrogen-bond donors (Lipinski definition) is 2. The Morgan fingerprint density at radius 1 is 0.741 bits per heavy atom. The molecule has 1 saturated heterocycles. The average molecular weight is 771 g/mol. The van der Waals surface area contributed by atoms with Crippen molar-refractivity contribution >= 4 is 17.8 Å². The van der Waals surface area contributed by atoms with Gasteiger partial charge in [-0.3, -0.25) is 0 Å². The quantitative estimate of drug-likeness (QED) is 0.272. The van der Waals surface area contributed by atoms with Crippen molar-refractivity contribution in [2.75, 3.05) is 0 Å². The van der Waals surface area contributed by atoms with E-state index in [9.17, 15) is 0 Å². The predicted octanol–water partition coefficient (Wildman–Crippen LogP) is 12.0. The van der Waals surface area contributed by atoms with Crippen LogP contribution in [0.3, 0.4) is 0 Å². The molecule has 0 spiro atoms. The summed E-state index contributed by atoms with van der Waals surface area (Å²) in [6, 6.07) is 0.617. The Morgan fingerprint density at radius 3 is 2.57 bits per heavy atom. The fourth-order valence-electron chi connectivity index (χ4n) is 13.7. The van der Waals surface area contributed by atoms with Crippen molar-refractivity contribution < 1.29 is 0 Å². The zero-order valence-electron chi connectivity index (χ0n) is 34.9. The highest BCUT2D eigenvalue weighted by molar-refractivity contribution is 5.75. The maximum absolute atomic E-state index is 7.46. The first-order chi connectivity index (χ1) is 28.6. The van der Waals surface area contributed by atoms with Crippen LogP contribution in [0, 0.1) is 29.6 Å². The first-order valence-electron chi connectivity index (χ1n) is 23.7. The summed E-state index contributed by atoms with van der Waals surface area (Å²) in [5.74, 6) is 2.45. The van der Waals surface area contributed by atoms with Crippen LogP contribution in [0.15, 0.2) is 113 Å². The van der Waals surface area contributed by atoms with E-state index in [0.29, 0.717) is 23.8 Å². The molecule has 0 amide bonds. The van der Waals surface area contributed by atoms with Gasteiger partial charge in [0.15, 0.2) is 0 Å². The monoisotopic (exact) mass is 771 g/mol. The topological polar surface area (TPSA) is 60.2 Å². The second kappa shape index (κ2) is 15.3. The molecule has 1 aromatic heterocycles. The number of rotatable bonds is 7. The molecule has 2 fully saturated rings. The number of nitrogens with two attached hydrogens (primary N) is 2. The second-order valence-electron chi connectivity index (χ2n) is 19.7. The summed E-state index contributed by atoms with van der Waals surface area (Å²) < 4.78 is 2.73. The second-order valence-corrected chi connectivity index (χ2v) is 19.7. The van der Waals surface area contributed by atoms with Crippen molar-refractivity contribution in [3.05, 3.63) is 135 Å². The molecule has 9 aliphatic carbocycles. The molecule has 4 heteroatoms. The first kappa shape index (κ1) is 37.2. The number of aromatic nitrogens is 1. The minimum absolute atomic E-state index is 0.0632. The Hall–Kier alpha value is -3.86. The van der Waals surface area contributed by atoms with Crippen molar-refractivity contribution in [1.29, 1.82) is 0 Å². The Balaban J connectivity index is 0.914. The average Bonchev–Trinajstić information content (AvgIpc) is 3.79. The van der Waals surface area contributed by atoms with Gasteiger partial charge in [-0.2, -0.15) is 0 Å². The molecule has 0 bridgehead atoms. The van der Waals surface area contributed by atoms with E-state index >= 15 is 0 Å². The minimum atomic E-state index is -0.238. The fraction of sp³-hybridized carbons (Fsp3) is 0.519. The van der Waals surface area contributed by atoms with Crippen LogP contribution in [0.1, 0.15) is 138 Å². The lowest BCUT2D eigenvalue weighted by molar-refractivity contribution is 0.179. The molecular formula is C54H66N4. The minimum Gasteiger partial charge on any atom is -0.337 e. The van der Waals surface area contributed by atoms with Crippen molar-refractivity contribution in [3.63, 3.8) is 0 Å². The van der Waals surface area contributed by atoms with Crippen LogP contribution >= 0.6 is 0 Å². The molecule has 0 radical (unpaired) electrons. The van der Waals surface area contributed by atoms with Crippen LogP contribution in [0.5, 0.6) is 0 Å². The molecule has 4 nitrogen and oxygen atoms in total. The van der Waals surface area contributed by atoms with Gasteiger partial charge in [0.1, 0.15) is 0 Å². The molecule has 8 atom stereocenters. The Labute approximate surface area is 348 Å². The summed E-state index contributed by atoms with van der Waals surface area (Å²) in [4.78, 5) is 2.88. The highest BCUT2D eigenvalue weighted by Gasteiger charge is 2.46. The summed E-state index contributed by atoms with van der Waals surface area (Å²) in [5, 5.41) is 0. The zero-order valence-corrected chi connectivity index (χ0v) is 34.9. The van der Waals surface area contributed by atoms with Gasteiger partial charge in [-0.25, -0.2) is 0 Å². The van der Waals surface area contributed by atoms with E-state index in [0.717, 1.165) is 57.3 Å². The number of nitrogens with zero attached hydrogens (tertiary/aromatic N) is 2. The van der Waals surface area contributed by atoms with Crippen LogP contribution in [-0.4, -0.2) is 27.1 Å². The van der Waals surface area contributed by atoms with Crippen LogP contribution in [0.2, 0.25) is 0 Å². The third-order valence-corrected chi connectivity index (χ3v) is 16.5. The largest absolute Gasteiger partial charge is 0.337 e. The molecule has 0 aromatic carbocycles. The number of likely N-dealkylation sites (tertiary alicyclic amines) is 1. The van der Waals surface area contributed by atoms with Crippen LogP contribution in [0.4, 0.5) is 0 Å². The summed E-state index contributed by atoms with van der Waals surface area (Å²) in [6.07, 6.45) is 60.3. The first-order valence-corrected chi connectivity index (χ1v) is 23.7. The summed E-state index contributed by atoms with van der Waals surface area (Å²) in [6.45, 7) is 0. The maximum atomic E-state index is 7.46. The SMILES string of the molecule is NC(C1C=CC=CC1)C1C=CCC[C@]1(N)CC1CC=C(n2c3c(c4c2C=C(C2=C5C(=CCC2)N(C2=C6CCCC[C@@H]6CC=C2)C2CCC=CC52)CC4)CCC=C3)CC1. The highest BCUT2D eigenvalue weighted by atomic mass is 15.2. The fourth-order valence-corrected chi connectivity index (χ4v) is 13.7. The summed E-state index contributed by atoms with van der Waals surface area (Å²) in [5.41, 5.74) is 31.9. The molecule has 10 aliphatic rings. The normalized spacial score (nSPS) is 34.2. The molecule has 6 unspecified atom stereocenters. The molecule has 2 heterocycles. The van der Waals surface area contributed by atoms with Gasteiger partial charge >= 0.3 is 0 Å². The van der Waals surface area contributed by atoms with E-state index < -0.39 is 0 Å². The van der Waals surface area contributed by atoms with Crippen LogP contribution in [0.25, 0.3) is 17.8 Å². The van der Waals surface area contributed by atoms with E-state index in [2.05, 4.69) is 101 Å². The van der Waals surface area contributed by atoms with Crippen LogP contribution < -0.4 is 11.5 Å². The van der Waals surface area contributed by atoms with Crippen molar-refractivity contribution in [1.82, 2.24) is 9.47 Å². The molecule has 1 aliphatic heterocycles. The molecule has 1 aromatic rings. The highest BCUT2D eigenvalue weighted by Crippen LogP contribution is 2.54. The van der Waals surface area contributed by atoms with Crippen molar-refractivity contribution in [2.45, 2.75) is 146 Å². The Bertz CT molecular complexity index is 2180.